The molecule has 10 heavy (non-hydrogen) atoms. The molecule has 4 heteroatoms. The topological polar surface area (TPSA) is 29.1 Å². The summed E-state index contributed by atoms with van der Waals surface area (Å²) in [5, 5.41) is 4.23. The molecule has 1 aromatic heterocycles. The fraction of sp³-hybridized carbons (Fsp3) is 0.167. The van der Waals surface area contributed by atoms with Crippen LogP contribution in [-0.2, 0) is 4.79 Å². The van der Waals surface area contributed by atoms with Crippen LogP contribution in [0.5, 0.6) is 0 Å². The molecule has 0 spiro atoms. The summed E-state index contributed by atoms with van der Waals surface area (Å²) in [5.41, 5.74) is 0. The van der Waals surface area contributed by atoms with Gasteiger partial charge in [-0.15, -0.1) is 11.3 Å². The Labute approximate surface area is 61.7 Å². The number of carbonyl (C=O) groups is 1. The van der Waals surface area contributed by atoms with Crippen LogP contribution in [0.4, 0.5) is 9.39 Å². The van der Waals surface area contributed by atoms with Gasteiger partial charge in [0.25, 0.3) is 0 Å². The van der Waals surface area contributed by atoms with E-state index in [4.69, 9.17) is 0 Å². The van der Waals surface area contributed by atoms with Crippen LogP contribution >= 0.6 is 11.3 Å². The van der Waals surface area contributed by atoms with Gasteiger partial charge in [0.1, 0.15) is 5.00 Å². The van der Waals surface area contributed by atoms with Crippen molar-refractivity contribution < 1.29 is 9.18 Å². The average Bonchev–Trinajstić information content (AvgIpc) is 2.15. The first-order valence-electron chi connectivity index (χ1n) is 2.70. The SMILES string of the molecule is CC(=O)Nc1sccc1F. The van der Waals surface area contributed by atoms with Crippen LogP contribution < -0.4 is 5.32 Å². The molecule has 0 aliphatic rings. The smallest absolute Gasteiger partial charge is 0.221 e. The molecule has 0 bridgehead atoms. The first kappa shape index (κ1) is 7.21. The molecule has 1 aromatic rings. The van der Waals surface area contributed by atoms with E-state index in [0.717, 1.165) is 0 Å². The summed E-state index contributed by atoms with van der Waals surface area (Å²) in [7, 11) is 0. The van der Waals surface area contributed by atoms with Gasteiger partial charge < -0.3 is 5.32 Å². The minimum absolute atomic E-state index is 0.249. The van der Waals surface area contributed by atoms with E-state index in [9.17, 15) is 9.18 Å². The largest absolute Gasteiger partial charge is 0.316 e. The van der Waals surface area contributed by atoms with E-state index in [-0.39, 0.29) is 16.7 Å². The van der Waals surface area contributed by atoms with Gasteiger partial charge in [-0.05, 0) is 11.4 Å². The maximum atomic E-state index is 12.5. The molecule has 1 N–H and O–H groups in total. The second kappa shape index (κ2) is 2.79. The van der Waals surface area contributed by atoms with Gasteiger partial charge in [0.2, 0.25) is 5.91 Å². The van der Waals surface area contributed by atoms with Gasteiger partial charge in [-0.2, -0.15) is 0 Å². The van der Waals surface area contributed by atoms with Crippen molar-refractivity contribution in [1.82, 2.24) is 0 Å². The molecule has 0 aromatic carbocycles. The molecule has 2 nitrogen and oxygen atoms in total. The Balaban J connectivity index is 2.74. The second-order valence-corrected chi connectivity index (χ2v) is 2.69. The average molecular weight is 159 g/mol. The number of thiophene rings is 1. The number of anilines is 1. The van der Waals surface area contributed by atoms with Gasteiger partial charge in [0.05, 0.1) is 0 Å². The third-order valence-electron chi connectivity index (χ3n) is 0.907. The quantitative estimate of drug-likeness (QED) is 0.665. The zero-order valence-corrected chi connectivity index (χ0v) is 6.17. The Bertz CT molecular complexity index is 246. The van der Waals surface area contributed by atoms with E-state index < -0.39 is 0 Å². The van der Waals surface area contributed by atoms with Crippen molar-refractivity contribution in [3.63, 3.8) is 0 Å². The van der Waals surface area contributed by atoms with Crippen LogP contribution in [-0.4, -0.2) is 5.91 Å². The van der Waals surface area contributed by atoms with Crippen LogP contribution in [0.15, 0.2) is 11.4 Å². The summed E-state index contributed by atoms with van der Waals surface area (Å²) in [6.45, 7) is 1.35. The van der Waals surface area contributed by atoms with Crippen LogP contribution in [0, 0.1) is 5.82 Å². The van der Waals surface area contributed by atoms with Gasteiger partial charge in [-0.25, -0.2) is 4.39 Å². The normalized spacial score (nSPS) is 9.40. The van der Waals surface area contributed by atoms with Crippen LogP contribution in [0.1, 0.15) is 6.92 Å². The van der Waals surface area contributed by atoms with Crippen molar-refractivity contribution in [2.75, 3.05) is 5.32 Å². The molecule has 0 unspecified atom stereocenters. The highest BCUT2D eigenvalue weighted by Gasteiger charge is 2.02. The molecule has 0 radical (unpaired) electrons. The molecule has 0 aliphatic carbocycles. The number of hydrogen-bond acceptors (Lipinski definition) is 2. The third-order valence-corrected chi connectivity index (χ3v) is 1.71. The van der Waals surface area contributed by atoms with Crippen molar-refractivity contribution in [2.45, 2.75) is 6.92 Å². The molecule has 0 atom stereocenters. The van der Waals surface area contributed by atoms with E-state index in [1.165, 1.54) is 24.3 Å². The molecule has 0 saturated heterocycles. The van der Waals surface area contributed by atoms with Gasteiger partial charge >= 0.3 is 0 Å². The first-order chi connectivity index (χ1) is 4.70. The van der Waals surface area contributed by atoms with E-state index in [2.05, 4.69) is 5.32 Å². The van der Waals surface area contributed by atoms with Crippen LogP contribution in [0.3, 0.4) is 0 Å². The van der Waals surface area contributed by atoms with Gasteiger partial charge in [-0.3, -0.25) is 4.79 Å². The number of nitrogens with one attached hydrogen (secondary N) is 1. The van der Waals surface area contributed by atoms with Crippen molar-refractivity contribution in [3.8, 4) is 0 Å². The maximum absolute atomic E-state index is 12.5. The minimum Gasteiger partial charge on any atom is -0.316 e. The molecule has 0 saturated carbocycles. The summed E-state index contributed by atoms with van der Waals surface area (Å²) in [6, 6.07) is 1.32. The highest BCUT2D eigenvalue weighted by molar-refractivity contribution is 7.14. The number of carbonyl (C=O) groups excluding carboxylic acids is 1. The van der Waals surface area contributed by atoms with E-state index in [0.29, 0.717) is 0 Å². The molecule has 0 fully saturated rings. The zero-order chi connectivity index (χ0) is 7.56. The monoisotopic (exact) mass is 159 g/mol. The van der Waals surface area contributed by atoms with E-state index in [1.54, 1.807) is 5.38 Å². The van der Waals surface area contributed by atoms with Gasteiger partial charge in [0, 0.05) is 6.92 Å². The van der Waals surface area contributed by atoms with Crippen molar-refractivity contribution in [2.24, 2.45) is 0 Å². The Hall–Kier alpha value is -0.900. The molecule has 0 aliphatic heterocycles. The second-order valence-electron chi connectivity index (χ2n) is 1.78. The van der Waals surface area contributed by atoms with Crippen molar-refractivity contribution >= 4 is 22.2 Å². The van der Waals surface area contributed by atoms with Crippen molar-refractivity contribution in [3.05, 3.63) is 17.3 Å². The predicted octanol–water partition coefficient (Wildman–Crippen LogP) is 1.85. The molecular weight excluding hydrogens is 153 g/mol. The van der Waals surface area contributed by atoms with Gasteiger partial charge in [0.15, 0.2) is 5.82 Å². The Morgan fingerprint density at radius 1 is 1.80 bits per heavy atom. The van der Waals surface area contributed by atoms with Crippen LogP contribution in [0.25, 0.3) is 0 Å². The molecule has 1 amide bonds. The standard InChI is InChI=1S/C6H6FNOS/c1-4(9)8-6-5(7)2-3-10-6/h2-3H,1H3,(H,8,9). The summed E-state index contributed by atoms with van der Waals surface area (Å²) in [6.07, 6.45) is 0. The predicted molar refractivity (Wildman–Crippen MR) is 38.6 cm³/mol. The minimum atomic E-state index is -0.375. The lowest BCUT2D eigenvalue weighted by Gasteiger charge is -1.94. The number of halogens is 1. The Morgan fingerprint density at radius 2 is 2.50 bits per heavy atom. The maximum Gasteiger partial charge on any atom is 0.221 e. The number of hydrogen-bond donors (Lipinski definition) is 1. The Kier molecular flexibility index (Phi) is 2.01. The fourth-order valence-electron chi connectivity index (χ4n) is 0.543. The lowest BCUT2D eigenvalue weighted by molar-refractivity contribution is -0.114. The van der Waals surface area contributed by atoms with E-state index >= 15 is 0 Å². The Morgan fingerprint density at radius 3 is 2.90 bits per heavy atom. The summed E-state index contributed by atoms with van der Waals surface area (Å²) in [5.74, 6) is -0.624. The highest BCUT2D eigenvalue weighted by Crippen LogP contribution is 2.20. The summed E-state index contributed by atoms with van der Waals surface area (Å²) in [4.78, 5) is 10.4. The highest BCUT2D eigenvalue weighted by atomic mass is 32.1. The molecular formula is C6H6FNOS. The molecule has 1 rings (SSSR count). The van der Waals surface area contributed by atoms with Crippen LogP contribution in [0.2, 0.25) is 0 Å². The molecule has 54 valence electrons. The molecule has 1 heterocycles. The first-order valence-corrected chi connectivity index (χ1v) is 3.58. The van der Waals surface area contributed by atoms with E-state index in [1.807, 2.05) is 0 Å². The summed E-state index contributed by atoms with van der Waals surface area (Å²) >= 11 is 1.17. The number of amides is 1. The third kappa shape index (κ3) is 1.54. The lowest BCUT2D eigenvalue weighted by atomic mass is 10.5. The lowest BCUT2D eigenvalue weighted by Crippen LogP contribution is -2.04. The summed E-state index contributed by atoms with van der Waals surface area (Å²) < 4.78 is 12.5. The van der Waals surface area contributed by atoms with Gasteiger partial charge in [-0.1, -0.05) is 0 Å². The fourth-order valence-corrected chi connectivity index (χ4v) is 1.25. The zero-order valence-electron chi connectivity index (χ0n) is 5.35. The number of rotatable bonds is 1. The van der Waals surface area contributed by atoms with Crippen molar-refractivity contribution in [1.29, 1.82) is 0 Å².